The van der Waals surface area contributed by atoms with Crippen molar-refractivity contribution in [2.45, 2.75) is 32.6 Å². The first-order valence-corrected chi connectivity index (χ1v) is 13.1. The van der Waals surface area contributed by atoms with E-state index in [9.17, 15) is 15.2 Å². The number of ether oxygens (including phenoxy) is 2. The van der Waals surface area contributed by atoms with E-state index >= 15 is 0 Å². The lowest BCUT2D eigenvalue weighted by Gasteiger charge is -2.15. The van der Waals surface area contributed by atoms with E-state index in [4.69, 9.17) is 9.47 Å². The minimum Gasteiger partial charge on any atom is -0.480 e. The molecule has 11 nitrogen and oxygen atoms in total. The zero-order valence-corrected chi connectivity index (χ0v) is 22.7. The number of anilines is 1. The summed E-state index contributed by atoms with van der Waals surface area (Å²) in [5.41, 5.74) is 5.95. The van der Waals surface area contributed by atoms with Gasteiger partial charge in [-0.15, -0.1) is 4.98 Å². The van der Waals surface area contributed by atoms with Crippen LogP contribution in [0.5, 0.6) is 12.0 Å². The molecule has 2 heterocycles. The summed E-state index contributed by atoms with van der Waals surface area (Å²) < 4.78 is 11.8. The summed E-state index contributed by atoms with van der Waals surface area (Å²) in [5, 5.41) is 21.8. The Morgan fingerprint density at radius 2 is 1.76 bits per heavy atom. The van der Waals surface area contributed by atoms with E-state index in [2.05, 4.69) is 54.5 Å². The van der Waals surface area contributed by atoms with Gasteiger partial charge < -0.3 is 24.9 Å². The number of nitriles is 1. The molecular weight excluding hydrogens is 534 g/mol. The van der Waals surface area contributed by atoms with E-state index in [0.29, 0.717) is 11.3 Å². The van der Waals surface area contributed by atoms with Gasteiger partial charge in [-0.3, -0.25) is 0 Å². The normalized spacial score (nSPS) is 11.3. The van der Waals surface area contributed by atoms with Crippen LogP contribution in [-0.4, -0.2) is 42.0 Å². The number of carboxylic acid groups (broad SMARTS) is 1. The molecule has 3 N–H and O–H groups in total. The van der Waals surface area contributed by atoms with Gasteiger partial charge in [0.15, 0.2) is 0 Å². The summed E-state index contributed by atoms with van der Waals surface area (Å²) in [6.45, 7) is 2.26. The van der Waals surface area contributed by atoms with Gasteiger partial charge in [0.2, 0.25) is 5.95 Å². The smallest absolute Gasteiger partial charge is 0.326 e. The average molecular weight is 562 g/mol. The monoisotopic (exact) mass is 561 g/mol. The van der Waals surface area contributed by atoms with E-state index in [0.717, 1.165) is 27.8 Å². The minimum atomic E-state index is -1.11. The predicted molar refractivity (Wildman–Crippen MR) is 154 cm³/mol. The zero-order valence-electron chi connectivity index (χ0n) is 22.7. The van der Waals surface area contributed by atoms with Crippen molar-refractivity contribution >= 4 is 11.9 Å². The molecule has 0 saturated carbocycles. The molecule has 0 bridgehead atoms. The maximum Gasteiger partial charge on any atom is 0.326 e. The van der Waals surface area contributed by atoms with Crippen molar-refractivity contribution in [3.05, 3.63) is 113 Å². The van der Waals surface area contributed by atoms with Gasteiger partial charge in [-0.25, -0.2) is 9.78 Å². The minimum absolute atomic E-state index is 0.0292. The van der Waals surface area contributed by atoms with Crippen molar-refractivity contribution in [3.63, 3.8) is 0 Å². The fraction of sp³-hybridized carbons (Fsp3) is 0.161. The number of hydrogen-bond donors (Lipinski definition) is 3. The number of aromatic nitrogens is 5. The molecule has 0 aliphatic rings. The highest BCUT2D eigenvalue weighted by atomic mass is 16.5. The van der Waals surface area contributed by atoms with Gasteiger partial charge in [-0.1, -0.05) is 60.7 Å². The number of carbonyl (C=O) groups is 1. The van der Waals surface area contributed by atoms with Crippen molar-refractivity contribution in [2.24, 2.45) is 0 Å². The van der Waals surface area contributed by atoms with Crippen molar-refractivity contribution in [3.8, 4) is 29.2 Å². The predicted octanol–water partition coefficient (Wildman–Crippen LogP) is 4.71. The van der Waals surface area contributed by atoms with E-state index in [1.165, 1.54) is 6.33 Å². The largest absolute Gasteiger partial charge is 0.480 e. The van der Waals surface area contributed by atoms with Crippen molar-refractivity contribution < 1.29 is 19.4 Å². The Bertz CT molecular complexity index is 1700. The van der Waals surface area contributed by atoms with Gasteiger partial charge in [0.1, 0.15) is 19.3 Å². The van der Waals surface area contributed by atoms with Crippen LogP contribution >= 0.6 is 0 Å². The SMILES string of the molecule is Cc1c(COc2nc(NC(Cc3c[nH]cn3)C(=O)O)nc(OCc3cccc(C#N)c3)n2)cccc1-c1ccccc1. The average Bonchev–Trinajstić information content (AvgIpc) is 3.53. The summed E-state index contributed by atoms with van der Waals surface area (Å²) in [7, 11) is 0. The Balaban J connectivity index is 1.39. The van der Waals surface area contributed by atoms with Crippen LogP contribution in [0.4, 0.5) is 5.95 Å². The lowest BCUT2D eigenvalue weighted by molar-refractivity contribution is -0.137. The Kier molecular flexibility index (Phi) is 8.64. The summed E-state index contributed by atoms with van der Waals surface area (Å²) in [5.74, 6) is -1.14. The molecule has 1 unspecified atom stereocenters. The maximum atomic E-state index is 12.0. The second-order valence-electron chi connectivity index (χ2n) is 9.37. The van der Waals surface area contributed by atoms with E-state index in [1.54, 1.807) is 24.4 Å². The van der Waals surface area contributed by atoms with Crippen LogP contribution in [0.2, 0.25) is 0 Å². The van der Waals surface area contributed by atoms with Crippen molar-refractivity contribution in [1.29, 1.82) is 5.26 Å². The second kappa shape index (κ2) is 13.1. The number of hydrogen-bond acceptors (Lipinski definition) is 9. The van der Waals surface area contributed by atoms with Crippen LogP contribution in [0.3, 0.4) is 0 Å². The quantitative estimate of drug-likeness (QED) is 0.195. The number of imidazole rings is 1. The third kappa shape index (κ3) is 7.05. The molecule has 0 saturated heterocycles. The number of aliphatic carboxylic acids is 1. The van der Waals surface area contributed by atoms with E-state index in [-0.39, 0.29) is 37.6 Å². The molecule has 0 radical (unpaired) electrons. The van der Waals surface area contributed by atoms with Gasteiger partial charge in [-0.05, 0) is 46.9 Å². The van der Waals surface area contributed by atoms with Crippen molar-refractivity contribution in [2.75, 3.05) is 5.32 Å². The molecule has 0 spiro atoms. The van der Waals surface area contributed by atoms with Gasteiger partial charge in [0.25, 0.3) is 0 Å². The fourth-order valence-electron chi connectivity index (χ4n) is 4.29. The number of nitrogens with one attached hydrogen (secondary N) is 2. The fourth-order valence-corrected chi connectivity index (χ4v) is 4.29. The van der Waals surface area contributed by atoms with Crippen LogP contribution in [0.15, 0.2) is 85.3 Å². The molecular formula is C31H27N7O4. The Morgan fingerprint density at radius 1 is 1.00 bits per heavy atom. The van der Waals surface area contributed by atoms with Crippen LogP contribution in [0.1, 0.15) is 27.9 Å². The molecule has 42 heavy (non-hydrogen) atoms. The number of H-pyrrole nitrogens is 1. The van der Waals surface area contributed by atoms with Crippen LogP contribution in [-0.2, 0) is 24.4 Å². The summed E-state index contributed by atoms with van der Waals surface area (Å²) in [4.78, 5) is 31.8. The van der Waals surface area contributed by atoms with Gasteiger partial charge in [0, 0.05) is 12.6 Å². The molecule has 0 aliphatic heterocycles. The number of benzene rings is 3. The molecule has 3 aromatic carbocycles. The highest BCUT2D eigenvalue weighted by Gasteiger charge is 2.22. The first kappa shape index (κ1) is 27.8. The third-order valence-electron chi connectivity index (χ3n) is 6.48. The highest BCUT2D eigenvalue weighted by Crippen LogP contribution is 2.26. The van der Waals surface area contributed by atoms with Gasteiger partial charge >= 0.3 is 18.0 Å². The molecule has 0 fully saturated rings. The summed E-state index contributed by atoms with van der Waals surface area (Å²) in [6.07, 6.45) is 3.18. The Labute approximate surface area is 241 Å². The van der Waals surface area contributed by atoms with E-state index in [1.807, 2.05) is 43.3 Å². The standard InChI is InChI=1S/C31H27N7O4/c1-20-24(11-6-12-26(20)23-9-3-2-4-10-23)18-42-31-37-29(35-27(28(39)40)14-25-16-33-19-34-25)36-30(38-31)41-17-22-8-5-7-21(13-22)15-32/h2-13,16,19,27H,14,17-18H2,1H3,(H,33,34)(H,39,40)(H,35,36,37,38). The van der Waals surface area contributed by atoms with Crippen LogP contribution in [0, 0.1) is 18.3 Å². The molecule has 1 atom stereocenters. The van der Waals surface area contributed by atoms with Gasteiger partial charge in [-0.2, -0.15) is 15.2 Å². The lowest BCUT2D eigenvalue weighted by Crippen LogP contribution is -2.32. The summed E-state index contributed by atoms with van der Waals surface area (Å²) in [6, 6.07) is 23.9. The summed E-state index contributed by atoms with van der Waals surface area (Å²) >= 11 is 0. The topological polar surface area (TPSA) is 159 Å². The van der Waals surface area contributed by atoms with Crippen LogP contribution in [0.25, 0.3) is 11.1 Å². The Morgan fingerprint density at radius 3 is 2.48 bits per heavy atom. The molecule has 2 aromatic heterocycles. The van der Waals surface area contributed by atoms with E-state index < -0.39 is 12.0 Å². The molecule has 0 amide bonds. The molecule has 5 rings (SSSR count). The van der Waals surface area contributed by atoms with Gasteiger partial charge in [0.05, 0.1) is 23.7 Å². The first-order chi connectivity index (χ1) is 20.5. The maximum absolute atomic E-state index is 12.0. The lowest BCUT2D eigenvalue weighted by atomic mass is 9.97. The first-order valence-electron chi connectivity index (χ1n) is 13.1. The second-order valence-corrected chi connectivity index (χ2v) is 9.37. The molecule has 210 valence electrons. The number of carboxylic acids is 1. The third-order valence-corrected chi connectivity index (χ3v) is 6.48. The number of rotatable bonds is 12. The molecule has 0 aliphatic carbocycles. The zero-order chi connectivity index (χ0) is 29.3. The number of aromatic amines is 1. The Hall–Kier alpha value is -5.76. The molecule has 11 heteroatoms. The van der Waals surface area contributed by atoms with Crippen molar-refractivity contribution in [1.82, 2.24) is 24.9 Å². The highest BCUT2D eigenvalue weighted by molar-refractivity contribution is 5.77. The number of nitrogens with zero attached hydrogens (tertiary/aromatic N) is 5. The van der Waals surface area contributed by atoms with Crippen LogP contribution < -0.4 is 14.8 Å². The molecule has 5 aromatic rings.